The predicted molar refractivity (Wildman–Crippen MR) is 71.5 cm³/mol. The van der Waals surface area contributed by atoms with Crippen LogP contribution in [0.4, 0.5) is 0 Å². The van der Waals surface area contributed by atoms with Crippen LogP contribution < -0.4 is 0 Å². The molecule has 2 rings (SSSR count). The number of hydrogen-bond acceptors (Lipinski definition) is 2. The van der Waals surface area contributed by atoms with Gasteiger partial charge in [-0.2, -0.15) is 0 Å². The number of rotatable bonds is 5. The molecule has 0 fully saturated rings. The molecule has 0 aliphatic carbocycles. The normalized spacial score (nSPS) is 12.1. The SMILES string of the molecule is COCc1cccc(C(C=O)c2ccccc2)c1. The Kier molecular flexibility index (Phi) is 4.26. The molecule has 0 aliphatic rings. The molecule has 0 radical (unpaired) electrons. The van der Waals surface area contributed by atoms with Crippen LogP contribution in [0.1, 0.15) is 22.6 Å². The maximum absolute atomic E-state index is 11.3. The Labute approximate surface area is 107 Å². The van der Waals surface area contributed by atoms with E-state index in [2.05, 4.69) is 0 Å². The summed E-state index contributed by atoms with van der Waals surface area (Å²) in [7, 11) is 1.67. The lowest BCUT2D eigenvalue weighted by Gasteiger charge is -2.12. The van der Waals surface area contributed by atoms with Gasteiger partial charge in [-0.15, -0.1) is 0 Å². The smallest absolute Gasteiger partial charge is 0.131 e. The topological polar surface area (TPSA) is 26.3 Å². The Balaban J connectivity index is 2.33. The molecule has 0 N–H and O–H groups in total. The van der Waals surface area contributed by atoms with E-state index in [4.69, 9.17) is 4.74 Å². The first-order valence-corrected chi connectivity index (χ1v) is 5.93. The third-order valence-electron chi connectivity index (χ3n) is 2.92. The van der Waals surface area contributed by atoms with Crippen LogP contribution in [0.2, 0.25) is 0 Å². The lowest BCUT2D eigenvalue weighted by molar-refractivity contribution is -0.108. The number of carbonyl (C=O) groups is 1. The molecule has 0 saturated carbocycles. The van der Waals surface area contributed by atoms with Crippen molar-refractivity contribution in [2.45, 2.75) is 12.5 Å². The van der Waals surface area contributed by atoms with Crippen molar-refractivity contribution in [3.8, 4) is 0 Å². The van der Waals surface area contributed by atoms with Gasteiger partial charge in [0.05, 0.1) is 12.5 Å². The molecule has 2 aromatic rings. The quantitative estimate of drug-likeness (QED) is 0.750. The monoisotopic (exact) mass is 240 g/mol. The molecule has 0 amide bonds. The summed E-state index contributed by atoms with van der Waals surface area (Å²) in [5, 5.41) is 0. The van der Waals surface area contributed by atoms with Gasteiger partial charge in [0.25, 0.3) is 0 Å². The van der Waals surface area contributed by atoms with E-state index in [1.165, 1.54) is 0 Å². The first-order valence-electron chi connectivity index (χ1n) is 5.93. The molecule has 1 atom stereocenters. The molecule has 0 bridgehead atoms. The van der Waals surface area contributed by atoms with Crippen molar-refractivity contribution < 1.29 is 9.53 Å². The maximum Gasteiger partial charge on any atom is 0.131 e. The van der Waals surface area contributed by atoms with Crippen molar-refractivity contribution in [1.29, 1.82) is 0 Å². The number of carbonyl (C=O) groups excluding carboxylic acids is 1. The molecular formula is C16H16O2. The van der Waals surface area contributed by atoms with Gasteiger partial charge in [-0.25, -0.2) is 0 Å². The zero-order valence-corrected chi connectivity index (χ0v) is 10.4. The van der Waals surface area contributed by atoms with Gasteiger partial charge < -0.3 is 9.53 Å². The van der Waals surface area contributed by atoms with Gasteiger partial charge in [-0.3, -0.25) is 0 Å². The fraction of sp³-hybridized carbons (Fsp3) is 0.188. The predicted octanol–water partition coefficient (Wildman–Crippen LogP) is 3.16. The fourth-order valence-electron chi connectivity index (χ4n) is 2.05. The van der Waals surface area contributed by atoms with E-state index in [9.17, 15) is 4.79 Å². The van der Waals surface area contributed by atoms with Gasteiger partial charge in [-0.05, 0) is 16.7 Å². The van der Waals surface area contributed by atoms with E-state index in [0.29, 0.717) is 6.61 Å². The van der Waals surface area contributed by atoms with Crippen molar-refractivity contribution in [2.75, 3.05) is 7.11 Å². The zero-order valence-electron chi connectivity index (χ0n) is 10.4. The van der Waals surface area contributed by atoms with Crippen LogP contribution in [0.15, 0.2) is 54.6 Å². The van der Waals surface area contributed by atoms with Crippen LogP contribution >= 0.6 is 0 Å². The first kappa shape index (κ1) is 12.5. The Morgan fingerprint density at radius 1 is 1.06 bits per heavy atom. The standard InChI is InChI=1S/C16H16O2/c1-18-12-13-6-5-9-15(10-13)16(11-17)14-7-3-2-4-8-14/h2-11,16H,12H2,1H3. The Morgan fingerprint density at radius 3 is 2.44 bits per heavy atom. The summed E-state index contributed by atoms with van der Waals surface area (Å²) in [6, 6.07) is 17.8. The van der Waals surface area contributed by atoms with E-state index in [0.717, 1.165) is 23.0 Å². The molecule has 1 unspecified atom stereocenters. The van der Waals surface area contributed by atoms with Gasteiger partial charge in [0.15, 0.2) is 0 Å². The Morgan fingerprint density at radius 2 is 1.78 bits per heavy atom. The van der Waals surface area contributed by atoms with Crippen LogP contribution in [0.3, 0.4) is 0 Å². The van der Waals surface area contributed by atoms with Gasteiger partial charge in [0.2, 0.25) is 0 Å². The van der Waals surface area contributed by atoms with E-state index in [1.54, 1.807) is 7.11 Å². The van der Waals surface area contributed by atoms with E-state index in [1.807, 2.05) is 54.6 Å². The lowest BCUT2D eigenvalue weighted by Crippen LogP contribution is -2.03. The minimum absolute atomic E-state index is 0.206. The molecular weight excluding hydrogens is 224 g/mol. The molecule has 2 heteroatoms. The zero-order chi connectivity index (χ0) is 12.8. The second kappa shape index (κ2) is 6.12. The highest BCUT2D eigenvalue weighted by Crippen LogP contribution is 2.23. The van der Waals surface area contributed by atoms with Gasteiger partial charge in [0.1, 0.15) is 6.29 Å². The molecule has 0 spiro atoms. The summed E-state index contributed by atoms with van der Waals surface area (Å²) >= 11 is 0. The second-order valence-corrected chi connectivity index (χ2v) is 4.20. The Hall–Kier alpha value is -1.93. The van der Waals surface area contributed by atoms with Crippen molar-refractivity contribution in [2.24, 2.45) is 0 Å². The van der Waals surface area contributed by atoms with E-state index < -0.39 is 0 Å². The average Bonchev–Trinajstić information content (AvgIpc) is 2.42. The number of hydrogen-bond donors (Lipinski definition) is 0. The number of aldehydes is 1. The summed E-state index contributed by atoms with van der Waals surface area (Å²) in [5.74, 6) is -0.206. The third kappa shape index (κ3) is 2.84. The van der Waals surface area contributed by atoms with Crippen LogP contribution in [-0.2, 0) is 16.1 Å². The van der Waals surface area contributed by atoms with Gasteiger partial charge in [0, 0.05) is 7.11 Å². The summed E-state index contributed by atoms with van der Waals surface area (Å²) < 4.78 is 5.11. The molecule has 0 aliphatic heterocycles. The molecule has 18 heavy (non-hydrogen) atoms. The number of ether oxygens (including phenoxy) is 1. The number of benzene rings is 2. The average molecular weight is 240 g/mol. The van der Waals surface area contributed by atoms with Crippen LogP contribution in [0.25, 0.3) is 0 Å². The maximum atomic E-state index is 11.3. The Bertz CT molecular complexity index is 506. The van der Waals surface area contributed by atoms with Crippen LogP contribution in [-0.4, -0.2) is 13.4 Å². The van der Waals surface area contributed by atoms with E-state index >= 15 is 0 Å². The number of methoxy groups -OCH3 is 1. The molecule has 0 aromatic heterocycles. The molecule has 2 aromatic carbocycles. The third-order valence-corrected chi connectivity index (χ3v) is 2.92. The van der Waals surface area contributed by atoms with Crippen molar-refractivity contribution >= 4 is 6.29 Å². The minimum Gasteiger partial charge on any atom is -0.380 e. The molecule has 0 saturated heterocycles. The first-order chi connectivity index (χ1) is 8.85. The lowest BCUT2D eigenvalue weighted by atomic mass is 9.92. The van der Waals surface area contributed by atoms with Crippen molar-refractivity contribution in [1.82, 2.24) is 0 Å². The van der Waals surface area contributed by atoms with Crippen molar-refractivity contribution in [3.63, 3.8) is 0 Å². The van der Waals surface area contributed by atoms with Crippen molar-refractivity contribution in [3.05, 3.63) is 71.3 Å². The summed E-state index contributed by atoms with van der Waals surface area (Å²) in [6.07, 6.45) is 0.987. The van der Waals surface area contributed by atoms with Crippen LogP contribution in [0.5, 0.6) is 0 Å². The minimum atomic E-state index is -0.206. The van der Waals surface area contributed by atoms with E-state index in [-0.39, 0.29) is 5.92 Å². The summed E-state index contributed by atoms with van der Waals surface area (Å²) in [5.41, 5.74) is 3.10. The molecule has 2 nitrogen and oxygen atoms in total. The highest BCUT2D eigenvalue weighted by molar-refractivity contribution is 5.68. The molecule has 0 heterocycles. The van der Waals surface area contributed by atoms with Gasteiger partial charge in [-0.1, -0.05) is 54.6 Å². The fourth-order valence-corrected chi connectivity index (χ4v) is 2.05. The molecule has 92 valence electrons. The second-order valence-electron chi connectivity index (χ2n) is 4.20. The van der Waals surface area contributed by atoms with Gasteiger partial charge >= 0.3 is 0 Å². The van der Waals surface area contributed by atoms with Crippen LogP contribution in [0, 0.1) is 0 Å². The summed E-state index contributed by atoms with van der Waals surface area (Å²) in [6.45, 7) is 0.564. The largest absolute Gasteiger partial charge is 0.380 e. The summed E-state index contributed by atoms with van der Waals surface area (Å²) in [4.78, 5) is 11.3. The highest BCUT2D eigenvalue weighted by Gasteiger charge is 2.12. The highest BCUT2D eigenvalue weighted by atomic mass is 16.5.